The van der Waals surface area contributed by atoms with Crippen molar-refractivity contribution < 1.29 is 13.9 Å². The Balaban J connectivity index is 1.66. The van der Waals surface area contributed by atoms with E-state index in [0.29, 0.717) is 18.7 Å². The Labute approximate surface area is 140 Å². The van der Waals surface area contributed by atoms with Gasteiger partial charge >= 0.3 is 6.01 Å². The zero-order valence-electron chi connectivity index (χ0n) is 12.2. The largest absolute Gasteiger partial charge is 0.458 e. The van der Waals surface area contributed by atoms with Crippen LogP contribution in [0.5, 0.6) is 6.01 Å². The molecule has 1 fully saturated rings. The molecule has 0 spiro atoms. The van der Waals surface area contributed by atoms with Crippen LogP contribution >= 0.6 is 15.9 Å². The standard InChI is InChI=1S/C15H14BrFN4O2/c16-11-4-10(5-18-6-11)14(22)21-3-1-2-13(9-21)23-15-19-7-12(17)8-20-15/h4-8,13H,1-3,9H2. The monoisotopic (exact) mass is 380 g/mol. The van der Waals surface area contributed by atoms with E-state index in [1.165, 1.54) is 0 Å². The van der Waals surface area contributed by atoms with Crippen molar-refractivity contribution in [3.05, 3.63) is 46.7 Å². The minimum absolute atomic E-state index is 0.0906. The first-order valence-electron chi connectivity index (χ1n) is 7.16. The number of carbonyl (C=O) groups excluding carboxylic acids is 1. The molecule has 2 aromatic heterocycles. The van der Waals surface area contributed by atoms with Crippen LogP contribution in [0.1, 0.15) is 23.2 Å². The predicted molar refractivity (Wildman–Crippen MR) is 83.5 cm³/mol. The van der Waals surface area contributed by atoms with Crippen molar-refractivity contribution in [3.8, 4) is 6.01 Å². The minimum atomic E-state index is -0.514. The topological polar surface area (TPSA) is 68.2 Å². The molecular formula is C15H14BrFN4O2. The molecule has 1 atom stereocenters. The highest BCUT2D eigenvalue weighted by Gasteiger charge is 2.26. The van der Waals surface area contributed by atoms with Gasteiger partial charge in [-0.05, 0) is 34.8 Å². The maximum Gasteiger partial charge on any atom is 0.316 e. The Morgan fingerprint density at radius 2 is 2.09 bits per heavy atom. The molecule has 0 aromatic carbocycles. The quantitative estimate of drug-likeness (QED) is 0.817. The normalized spacial score (nSPS) is 17.8. The van der Waals surface area contributed by atoms with E-state index in [1.807, 2.05) is 0 Å². The van der Waals surface area contributed by atoms with E-state index in [4.69, 9.17) is 4.74 Å². The first kappa shape index (κ1) is 15.8. The minimum Gasteiger partial charge on any atom is -0.458 e. The van der Waals surface area contributed by atoms with Crippen LogP contribution in [0.15, 0.2) is 35.3 Å². The third kappa shape index (κ3) is 4.01. The number of piperidine rings is 1. The summed E-state index contributed by atoms with van der Waals surface area (Å²) in [5, 5.41) is 0. The van der Waals surface area contributed by atoms with Crippen LogP contribution in [0.25, 0.3) is 0 Å². The smallest absolute Gasteiger partial charge is 0.316 e. The molecule has 6 nitrogen and oxygen atoms in total. The lowest BCUT2D eigenvalue weighted by Gasteiger charge is -2.32. The Morgan fingerprint density at radius 3 is 2.83 bits per heavy atom. The summed E-state index contributed by atoms with van der Waals surface area (Å²) in [5.41, 5.74) is 0.526. The molecule has 1 amide bonds. The molecule has 120 valence electrons. The number of nitrogens with zero attached hydrogens (tertiary/aromatic N) is 4. The number of rotatable bonds is 3. The molecular weight excluding hydrogens is 367 g/mol. The van der Waals surface area contributed by atoms with Crippen molar-refractivity contribution in [2.75, 3.05) is 13.1 Å². The molecule has 1 unspecified atom stereocenters. The van der Waals surface area contributed by atoms with Crippen LogP contribution in [-0.2, 0) is 0 Å². The van der Waals surface area contributed by atoms with Crippen LogP contribution in [0.4, 0.5) is 4.39 Å². The van der Waals surface area contributed by atoms with E-state index in [1.54, 1.807) is 23.4 Å². The summed E-state index contributed by atoms with van der Waals surface area (Å²) < 4.78 is 19.2. The van der Waals surface area contributed by atoms with Crippen LogP contribution in [0, 0.1) is 5.82 Å². The summed E-state index contributed by atoms with van der Waals surface area (Å²) in [5.74, 6) is -0.605. The number of amides is 1. The van der Waals surface area contributed by atoms with E-state index >= 15 is 0 Å². The van der Waals surface area contributed by atoms with Gasteiger partial charge in [0.2, 0.25) is 0 Å². The number of ether oxygens (including phenoxy) is 1. The second-order valence-electron chi connectivity index (χ2n) is 5.21. The molecule has 3 rings (SSSR count). The fourth-order valence-corrected chi connectivity index (χ4v) is 2.81. The summed E-state index contributed by atoms with van der Waals surface area (Å²) in [7, 11) is 0. The number of hydrogen-bond acceptors (Lipinski definition) is 5. The highest BCUT2D eigenvalue weighted by atomic mass is 79.9. The van der Waals surface area contributed by atoms with Crippen molar-refractivity contribution in [2.45, 2.75) is 18.9 Å². The third-order valence-corrected chi connectivity index (χ3v) is 3.92. The van der Waals surface area contributed by atoms with Gasteiger partial charge in [-0.15, -0.1) is 0 Å². The van der Waals surface area contributed by atoms with Gasteiger partial charge in [-0.1, -0.05) is 0 Å². The molecule has 0 radical (unpaired) electrons. The molecule has 0 saturated carbocycles. The molecule has 2 aromatic rings. The second-order valence-corrected chi connectivity index (χ2v) is 6.12. The summed E-state index contributed by atoms with van der Waals surface area (Å²) in [4.78, 5) is 25.8. The van der Waals surface area contributed by atoms with Gasteiger partial charge in [0.1, 0.15) is 6.10 Å². The molecule has 0 aliphatic carbocycles. The van der Waals surface area contributed by atoms with E-state index < -0.39 is 5.82 Å². The van der Waals surface area contributed by atoms with Gasteiger partial charge in [-0.25, -0.2) is 14.4 Å². The predicted octanol–water partition coefficient (Wildman–Crippen LogP) is 2.46. The maximum atomic E-state index is 12.8. The summed E-state index contributed by atoms with van der Waals surface area (Å²) in [6.07, 6.45) is 6.69. The van der Waals surface area contributed by atoms with Gasteiger partial charge in [0.15, 0.2) is 5.82 Å². The maximum absolute atomic E-state index is 12.8. The van der Waals surface area contributed by atoms with Crippen molar-refractivity contribution in [3.63, 3.8) is 0 Å². The van der Waals surface area contributed by atoms with Crippen molar-refractivity contribution in [2.24, 2.45) is 0 Å². The van der Waals surface area contributed by atoms with Crippen LogP contribution in [0.2, 0.25) is 0 Å². The molecule has 3 heterocycles. The lowest BCUT2D eigenvalue weighted by Crippen LogP contribution is -2.44. The number of hydrogen-bond donors (Lipinski definition) is 0. The van der Waals surface area contributed by atoms with Gasteiger partial charge in [0, 0.05) is 23.4 Å². The van der Waals surface area contributed by atoms with Crippen molar-refractivity contribution in [1.29, 1.82) is 0 Å². The van der Waals surface area contributed by atoms with Gasteiger partial charge in [-0.3, -0.25) is 9.78 Å². The summed E-state index contributed by atoms with van der Waals surface area (Å²) in [6.45, 7) is 1.10. The SMILES string of the molecule is O=C(c1cncc(Br)c1)N1CCCC(Oc2ncc(F)cn2)C1. The molecule has 23 heavy (non-hydrogen) atoms. The Morgan fingerprint density at radius 1 is 1.30 bits per heavy atom. The fourth-order valence-electron chi connectivity index (χ4n) is 2.44. The zero-order chi connectivity index (χ0) is 16.2. The second kappa shape index (κ2) is 6.99. The molecule has 1 aliphatic heterocycles. The average molecular weight is 381 g/mol. The number of pyridine rings is 1. The van der Waals surface area contributed by atoms with Crippen LogP contribution in [-0.4, -0.2) is 45.0 Å². The molecule has 1 aliphatic rings. The fraction of sp³-hybridized carbons (Fsp3) is 0.333. The van der Waals surface area contributed by atoms with Gasteiger partial charge in [0.25, 0.3) is 5.91 Å². The van der Waals surface area contributed by atoms with Gasteiger partial charge < -0.3 is 9.64 Å². The van der Waals surface area contributed by atoms with Crippen molar-refractivity contribution >= 4 is 21.8 Å². The van der Waals surface area contributed by atoms with Gasteiger partial charge in [0.05, 0.1) is 24.5 Å². The number of likely N-dealkylation sites (tertiary alicyclic amines) is 1. The summed E-state index contributed by atoms with van der Waals surface area (Å²) in [6, 6.07) is 1.86. The third-order valence-electron chi connectivity index (χ3n) is 3.49. The number of aromatic nitrogens is 3. The van der Waals surface area contributed by atoms with E-state index in [9.17, 15) is 9.18 Å². The molecule has 0 N–H and O–H groups in total. The van der Waals surface area contributed by atoms with Crippen molar-refractivity contribution in [1.82, 2.24) is 19.9 Å². The molecule has 1 saturated heterocycles. The summed E-state index contributed by atoms with van der Waals surface area (Å²) >= 11 is 3.31. The number of carbonyl (C=O) groups is 1. The first-order chi connectivity index (χ1) is 11.1. The average Bonchev–Trinajstić information content (AvgIpc) is 2.56. The zero-order valence-corrected chi connectivity index (χ0v) is 13.7. The molecule has 8 heteroatoms. The number of halogens is 2. The highest BCUT2D eigenvalue weighted by molar-refractivity contribution is 9.10. The van der Waals surface area contributed by atoms with Gasteiger partial charge in [-0.2, -0.15) is 0 Å². The van der Waals surface area contributed by atoms with E-state index in [-0.39, 0.29) is 18.0 Å². The van der Waals surface area contributed by atoms with E-state index in [0.717, 1.165) is 29.7 Å². The Kier molecular flexibility index (Phi) is 4.80. The Bertz CT molecular complexity index is 698. The van der Waals surface area contributed by atoms with Crippen LogP contribution in [0.3, 0.4) is 0 Å². The van der Waals surface area contributed by atoms with E-state index in [2.05, 4.69) is 30.9 Å². The lowest BCUT2D eigenvalue weighted by molar-refractivity contribution is 0.0515. The molecule has 0 bridgehead atoms. The highest BCUT2D eigenvalue weighted by Crippen LogP contribution is 2.18. The lowest BCUT2D eigenvalue weighted by atomic mass is 10.1. The Hall–Kier alpha value is -2.09. The first-order valence-corrected chi connectivity index (χ1v) is 7.95. The van der Waals surface area contributed by atoms with Crippen LogP contribution < -0.4 is 4.74 Å².